The van der Waals surface area contributed by atoms with Gasteiger partial charge in [-0.2, -0.15) is 0 Å². The minimum absolute atomic E-state index is 0.122. The lowest BCUT2D eigenvalue weighted by atomic mass is 10.1. The van der Waals surface area contributed by atoms with Crippen molar-refractivity contribution in [3.05, 3.63) is 93.5 Å². The van der Waals surface area contributed by atoms with Crippen molar-refractivity contribution in [1.82, 2.24) is 9.55 Å². The topological polar surface area (TPSA) is 64.0 Å². The highest BCUT2D eigenvalue weighted by molar-refractivity contribution is 7.99. The molecule has 9 heteroatoms. The lowest BCUT2D eigenvalue weighted by Gasteiger charge is -2.14. The number of rotatable bonds is 6. The fourth-order valence-corrected chi connectivity index (χ4v) is 5.17. The van der Waals surface area contributed by atoms with Gasteiger partial charge >= 0.3 is 0 Å². The van der Waals surface area contributed by atoms with Gasteiger partial charge in [-0.15, -0.1) is 0 Å². The fourth-order valence-electron chi connectivity index (χ4n) is 4.22. The van der Waals surface area contributed by atoms with Gasteiger partial charge in [0.05, 0.1) is 16.6 Å². The number of fused-ring (bicyclic) bond motifs is 2. The van der Waals surface area contributed by atoms with Gasteiger partial charge < -0.3 is 5.32 Å². The highest BCUT2D eigenvalue weighted by atomic mass is 32.2. The molecule has 0 unspecified atom stereocenters. The Bertz CT molecular complexity index is 1500. The molecule has 1 aromatic heterocycles. The number of nitrogens with one attached hydrogen (secondary N) is 1. The molecule has 1 aliphatic rings. The quantitative estimate of drug-likeness (QED) is 0.221. The number of aromatic nitrogens is 2. The number of anilines is 1. The lowest BCUT2D eigenvalue weighted by Crippen LogP contribution is -2.22. The average molecular weight is 496 g/mol. The van der Waals surface area contributed by atoms with Crippen molar-refractivity contribution in [2.24, 2.45) is 0 Å². The van der Waals surface area contributed by atoms with Crippen molar-refractivity contribution in [3.8, 4) is 5.69 Å². The van der Waals surface area contributed by atoms with Gasteiger partial charge in [-0.3, -0.25) is 14.2 Å². The van der Waals surface area contributed by atoms with E-state index in [1.54, 1.807) is 24.3 Å². The Morgan fingerprint density at radius 1 is 1.00 bits per heavy atom. The van der Waals surface area contributed by atoms with Crippen LogP contribution in [0.5, 0.6) is 0 Å². The maximum atomic E-state index is 13.9. The van der Waals surface area contributed by atoms with Crippen LogP contribution in [0.4, 0.5) is 18.9 Å². The summed E-state index contributed by atoms with van der Waals surface area (Å²) in [6, 6.07) is 14.0. The molecule has 0 spiro atoms. The third kappa shape index (κ3) is 4.68. The predicted molar refractivity (Wildman–Crippen MR) is 130 cm³/mol. The molecule has 1 amide bonds. The van der Waals surface area contributed by atoms with E-state index >= 15 is 0 Å². The SMILES string of the molecule is O=C(CCSc1nc2ccccc2c(=O)n1-c1cc(F)c(F)c(F)c1)Nc1ccc2c(c1)CCC2. The normalized spacial score (nSPS) is 12.7. The van der Waals surface area contributed by atoms with E-state index in [0.29, 0.717) is 5.52 Å². The zero-order chi connectivity index (χ0) is 24.5. The number of hydrogen-bond acceptors (Lipinski definition) is 4. The Morgan fingerprint density at radius 2 is 1.74 bits per heavy atom. The Balaban J connectivity index is 1.39. The zero-order valence-electron chi connectivity index (χ0n) is 18.5. The number of aryl methyl sites for hydroxylation is 2. The van der Waals surface area contributed by atoms with Crippen LogP contribution >= 0.6 is 11.8 Å². The van der Waals surface area contributed by atoms with Crippen LogP contribution in [0.15, 0.2) is 64.5 Å². The molecule has 0 radical (unpaired) electrons. The van der Waals surface area contributed by atoms with Gasteiger partial charge in [0.25, 0.3) is 5.56 Å². The van der Waals surface area contributed by atoms with Gasteiger partial charge in [-0.1, -0.05) is 30.0 Å². The summed E-state index contributed by atoms with van der Waals surface area (Å²) in [6.07, 6.45) is 3.30. The van der Waals surface area contributed by atoms with Crippen LogP contribution < -0.4 is 10.9 Å². The van der Waals surface area contributed by atoms with Gasteiger partial charge in [-0.25, -0.2) is 18.2 Å². The van der Waals surface area contributed by atoms with Crippen LogP contribution in [0.25, 0.3) is 16.6 Å². The van der Waals surface area contributed by atoms with Crippen molar-refractivity contribution < 1.29 is 18.0 Å². The van der Waals surface area contributed by atoms with Crippen molar-refractivity contribution >= 4 is 34.3 Å². The van der Waals surface area contributed by atoms with Crippen LogP contribution in [0.3, 0.4) is 0 Å². The Hall–Kier alpha value is -3.59. The second-order valence-corrected chi connectivity index (χ2v) is 9.32. The Morgan fingerprint density at radius 3 is 2.54 bits per heavy atom. The summed E-state index contributed by atoms with van der Waals surface area (Å²) in [5.74, 6) is -4.39. The molecular weight excluding hydrogens is 475 g/mol. The molecule has 3 aromatic carbocycles. The highest BCUT2D eigenvalue weighted by Gasteiger charge is 2.18. The van der Waals surface area contributed by atoms with E-state index in [0.717, 1.165) is 53.4 Å². The van der Waals surface area contributed by atoms with Crippen molar-refractivity contribution in [3.63, 3.8) is 0 Å². The summed E-state index contributed by atoms with van der Waals surface area (Å²) in [5.41, 5.74) is 2.97. The molecule has 0 atom stereocenters. The summed E-state index contributed by atoms with van der Waals surface area (Å²) in [4.78, 5) is 30.2. The number of thioether (sulfide) groups is 1. The molecule has 0 bridgehead atoms. The summed E-state index contributed by atoms with van der Waals surface area (Å²) in [7, 11) is 0. The number of benzene rings is 3. The molecular formula is C26H20F3N3O2S. The maximum Gasteiger partial charge on any atom is 0.266 e. The molecule has 1 heterocycles. The zero-order valence-corrected chi connectivity index (χ0v) is 19.3. The van der Waals surface area contributed by atoms with E-state index in [2.05, 4.69) is 10.3 Å². The maximum absolute atomic E-state index is 13.9. The first-order valence-electron chi connectivity index (χ1n) is 11.1. The van der Waals surface area contributed by atoms with Gasteiger partial charge in [0.1, 0.15) is 0 Å². The van der Waals surface area contributed by atoms with Crippen LogP contribution in [0, 0.1) is 17.5 Å². The molecule has 5 rings (SSSR count). The first kappa shape index (κ1) is 23.2. The number of nitrogens with zero attached hydrogens (tertiary/aromatic N) is 2. The van der Waals surface area contributed by atoms with Crippen molar-refractivity contribution in [2.75, 3.05) is 11.1 Å². The second kappa shape index (κ2) is 9.58. The standard InChI is InChI=1S/C26H20F3N3O2S/c27-20-13-18(14-21(28)24(20)29)32-25(34)19-6-1-2-7-22(19)31-26(32)35-11-10-23(33)30-17-9-8-15-4-3-5-16(15)12-17/h1-2,6-9,12-14H,3-5,10-11H2,(H,30,33). The predicted octanol–water partition coefficient (Wildman–Crippen LogP) is 5.41. The molecule has 178 valence electrons. The summed E-state index contributed by atoms with van der Waals surface area (Å²) in [6.45, 7) is 0. The van der Waals surface area contributed by atoms with E-state index in [9.17, 15) is 22.8 Å². The van der Waals surface area contributed by atoms with Crippen LogP contribution in [-0.4, -0.2) is 21.2 Å². The summed E-state index contributed by atoms with van der Waals surface area (Å²) < 4.78 is 42.4. The molecule has 0 aliphatic heterocycles. The number of carbonyl (C=O) groups is 1. The first-order chi connectivity index (χ1) is 16.9. The van der Waals surface area contributed by atoms with E-state index in [1.807, 2.05) is 18.2 Å². The molecule has 0 fully saturated rings. The third-order valence-electron chi connectivity index (χ3n) is 5.91. The molecule has 0 saturated heterocycles. The molecule has 5 nitrogen and oxygen atoms in total. The van der Waals surface area contributed by atoms with Crippen LogP contribution in [0.1, 0.15) is 24.0 Å². The van der Waals surface area contributed by atoms with E-state index in [4.69, 9.17) is 0 Å². The minimum Gasteiger partial charge on any atom is -0.326 e. The largest absolute Gasteiger partial charge is 0.326 e. The van der Waals surface area contributed by atoms with Gasteiger partial charge in [0, 0.05) is 30.0 Å². The smallest absolute Gasteiger partial charge is 0.266 e. The summed E-state index contributed by atoms with van der Waals surface area (Å²) >= 11 is 1.10. The molecule has 0 saturated carbocycles. The number of carbonyl (C=O) groups excluding carboxylic acids is 1. The number of halogens is 3. The summed E-state index contributed by atoms with van der Waals surface area (Å²) in [5, 5.41) is 3.27. The number of amides is 1. The molecule has 1 aliphatic carbocycles. The van der Waals surface area contributed by atoms with Crippen molar-refractivity contribution in [2.45, 2.75) is 30.8 Å². The third-order valence-corrected chi connectivity index (χ3v) is 6.85. The van der Waals surface area contributed by atoms with E-state index < -0.39 is 23.0 Å². The first-order valence-corrected chi connectivity index (χ1v) is 12.1. The van der Waals surface area contributed by atoms with Crippen molar-refractivity contribution in [1.29, 1.82) is 0 Å². The van der Waals surface area contributed by atoms with Gasteiger partial charge in [0.15, 0.2) is 22.6 Å². The highest BCUT2D eigenvalue weighted by Crippen LogP contribution is 2.26. The Labute approximate surface area is 203 Å². The lowest BCUT2D eigenvalue weighted by molar-refractivity contribution is -0.115. The number of para-hydroxylation sites is 1. The van der Waals surface area contributed by atoms with Gasteiger partial charge in [-0.05, 0) is 54.7 Å². The van der Waals surface area contributed by atoms with E-state index in [1.165, 1.54) is 11.1 Å². The average Bonchev–Trinajstić information content (AvgIpc) is 3.30. The molecule has 1 N–H and O–H groups in total. The molecule has 35 heavy (non-hydrogen) atoms. The minimum atomic E-state index is -1.62. The Kier molecular flexibility index (Phi) is 6.34. The van der Waals surface area contributed by atoms with E-state index in [-0.39, 0.29) is 34.3 Å². The monoisotopic (exact) mass is 495 g/mol. The van der Waals surface area contributed by atoms with Gasteiger partial charge in [0.2, 0.25) is 5.91 Å². The van der Waals surface area contributed by atoms with Crippen LogP contribution in [0.2, 0.25) is 0 Å². The fraction of sp³-hybridized carbons (Fsp3) is 0.192. The second-order valence-electron chi connectivity index (χ2n) is 8.26. The van der Waals surface area contributed by atoms with Crippen LogP contribution in [-0.2, 0) is 17.6 Å². The number of hydrogen-bond donors (Lipinski definition) is 1. The molecule has 4 aromatic rings.